The molecule has 0 aromatic rings. The van der Waals surface area contributed by atoms with Crippen molar-refractivity contribution in [2.24, 2.45) is 0 Å². The molecule has 10 heavy (non-hydrogen) atoms. The van der Waals surface area contributed by atoms with Crippen molar-refractivity contribution in [2.75, 3.05) is 6.61 Å². The molecule has 58 valence electrons. The minimum atomic E-state index is -0.312. The molecule has 2 heteroatoms. The number of carbonyl (C=O) groups excluding carboxylic acids is 1. The molecule has 0 rings (SSSR count). The number of hydrogen-bond acceptors (Lipinski definition) is 2. The Morgan fingerprint density at radius 1 is 1.50 bits per heavy atom. The Balaban J connectivity index is 0. The van der Waals surface area contributed by atoms with E-state index in [1.165, 1.54) is 0 Å². The lowest BCUT2D eigenvalue weighted by Crippen LogP contribution is -2.03. The zero-order valence-electron chi connectivity index (χ0n) is 6.64. The molecule has 0 aliphatic carbocycles. The lowest BCUT2D eigenvalue weighted by Gasteiger charge is -1.96. The van der Waals surface area contributed by atoms with E-state index in [4.69, 9.17) is 0 Å². The van der Waals surface area contributed by atoms with Gasteiger partial charge in [-0.15, -0.1) is 13.2 Å². The Hall–Kier alpha value is -1.05. The van der Waals surface area contributed by atoms with Gasteiger partial charge in [-0.3, -0.25) is 0 Å². The van der Waals surface area contributed by atoms with Crippen LogP contribution in [0.4, 0.5) is 0 Å². The Labute approximate surface area is 62.2 Å². The maximum Gasteiger partial charge on any atom is 0.333 e. The zero-order chi connectivity index (χ0) is 8.57. The second-order valence-corrected chi connectivity index (χ2v) is 1.50. The summed E-state index contributed by atoms with van der Waals surface area (Å²) in [5.74, 6) is -0.312. The van der Waals surface area contributed by atoms with Crippen molar-refractivity contribution in [3.05, 3.63) is 25.3 Å². The van der Waals surface area contributed by atoms with Crippen LogP contribution in [0.5, 0.6) is 0 Å². The maximum atomic E-state index is 10.4. The van der Waals surface area contributed by atoms with Gasteiger partial charge in [0.1, 0.15) is 0 Å². The number of ether oxygens (including phenoxy) is 1. The summed E-state index contributed by atoms with van der Waals surface area (Å²) < 4.78 is 4.56. The second kappa shape index (κ2) is 7.95. The molecular weight excluding hydrogens is 128 g/mol. The fraction of sp³-hybridized carbons (Fsp3) is 0.375. The van der Waals surface area contributed by atoms with E-state index in [1.54, 1.807) is 13.8 Å². The molecule has 0 atom stereocenters. The largest absolute Gasteiger partial charge is 0.463 e. The van der Waals surface area contributed by atoms with Crippen molar-refractivity contribution in [3.8, 4) is 0 Å². The van der Waals surface area contributed by atoms with Crippen molar-refractivity contribution in [2.45, 2.75) is 13.8 Å². The highest BCUT2D eigenvalue weighted by molar-refractivity contribution is 5.86. The quantitative estimate of drug-likeness (QED) is 0.334. The molecule has 0 N–H and O–H groups in total. The van der Waals surface area contributed by atoms with Crippen LogP contribution >= 0.6 is 0 Å². The van der Waals surface area contributed by atoms with E-state index in [0.717, 1.165) is 0 Å². The fourth-order valence-electron chi connectivity index (χ4n) is 0.254. The highest BCUT2D eigenvalue weighted by atomic mass is 16.5. The van der Waals surface area contributed by atoms with Gasteiger partial charge in [0.25, 0.3) is 0 Å². The van der Waals surface area contributed by atoms with Crippen molar-refractivity contribution in [1.29, 1.82) is 0 Å². The summed E-state index contributed by atoms with van der Waals surface area (Å²) in [5, 5.41) is 0. The van der Waals surface area contributed by atoms with Crippen LogP contribution in [0, 0.1) is 0 Å². The van der Waals surface area contributed by atoms with Crippen molar-refractivity contribution in [3.63, 3.8) is 0 Å². The van der Waals surface area contributed by atoms with Gasteiger partial charge in [-0.05, 0) is 13.8 Å². The van der Waals surface area contributed by atoms with Crippen molar-refractivity contribution in [1.82, 2.24) is 0 Å². The van der Waals surface area contributed by atoms with Crippen LogP contribution < -0.4 is 0 Å². The standard InChI is InChI=1S/C6H10O2.C2H4/c1-4-8-6(7)5(2)3;1-2/h2,4H2,1,3H3;1-2H2. The first-order valence-corrected chi connectivity index (χ1v) is 3.01. The molecule has 0 amide bonds. The van der Waals surface area contributed by atoms with Gasteiger partial charge in [0.05, 0.1) is 6.61 Å². The molecule has 0 saturated carbocycles. The third kappa shape index (κ3) is 6.95. The summed E-state index contributed by atoms with van der Waals surface area (Å²) in [4.78, 5) is 10.4. The fourth-order valence-corrected chi connectivity index (χ4v) is 0.254. The van der Waals surface area contributed by atoms with Crippen molar-refractivity contribution >= 4 is 5.97 Å². The van der Waals surface area contributed by atoms with Crippen LogP contribution in [0.25, 0.3) is 0 Å². The maximum absolute atomic E-state index is 10.4. The monoisotopic (exact) mass is 142 g/mol. The smallest absolute Gasteiger partial charge is 0.333 e. The Morgan fingerprint density at radius 3 is 2.00 bits per heavy atom. The van der Waals surface area contributed by atoms with Crippen LogP contribution in [-0.2, 0) is 9.53 Å². The van der Waals surface area contributed by atoms with E-state index in [1.807, 2.05) is 0 Å². The third-order valence-electron chi connectivity index (χ3n) is 0.624. The zero-order valence-corrected chi connectivity index (χ0v) is 6.64. The van der Waals surface area contributed by atoms with Crippen LogP contribution in [0.2, 0.25) is 0 Å². The average molecular weight is 142 g/mol. The van der Waals surface area contributed by atoms with Crippen molar-refractivity contribution < 1.29 is 9.53 Å². The average Bonchev–Trinajstić information content (AvgIpc) is 1.93. The summed E-state index contributed by atoms with van der Waals surface area (Å²) in [6, 6.07) is 0. The minimum absolute atomic E-state index is 0.312. The Morgan fingerprint density at radius 2 is 1.90 bits per heavy atom. The van der Waals surface area contributed by atoms with E-state index in [0.29, 0.717) is 12.2 Å². The van der Waals surface area contributed by atoms with Gasteiger partial charge in [0.2, 0.25) is 0 Å². The molecule has 0 saturated heterocycles. The van der Waals surface area contributed by atoms with Gasteiger partial charge in [0.15, 0.2) is 0 Å². The first-order valence-electron chi connectivity index (χ1n) is 3.01. The first kappa shape index (κ1) is 11.7. The van der Waals surface area contributed by atoms with Crippen LogP contribution in [0.15, 0.2) is 25.3 Å². The SMILES string of the molecule is C=C.C=C(C)C(=O)OCC. The van der Waals surface area contributed by atoms with Gasteiger partial charge < -0.3 is 4.74 Å². The predicted octanol–water partition coefficient (Wildman–Crippen LogP) is 1.93. The second-order valence-electron chi connectivity index (χ2n) is 1.50. The minimum Gasteiger partial charge on any atom is -0.463 e. The molecule has 0 bridgehead atoms. The van der Waals surface area contributed by atoms with Crippen LogP contribution in [-0.4, -0.2) is 12.6 Å². The Kier molecular flexibility index (Phi) is 9.31. The topological polar surface area (TPSA) is 26.3 Å². The number of hydrogen-bond donors (Lipinski definition) is 0. The Bertz CT molecular complexity index is 116. The normalized spacial score (nSPS) is 7.00. The van der Waals surface area contributed by atoms with Gasteiger partial charge >= 0.3 is 5.97 Å². The lowest BCUT2D eigenvalue weighted by atomic mass is 10.4. The predicted molar refractivity (Wildman–Crippen MR) is 42.7 cm³/mol. The van der Waals surface area contributed by atoms with E-state index in [-0.39, 0.29) is 5.97 Å². The van der Waals surface area contributed by atoms with E-state index >= 15 is 0 Å². The molecule has 0 heterocycles. The summed E-state index contributed by atoms with van der Waals surface area (Å²) in [6.45, 7) is 13.2. The van der Waals surface area contributed by atoms with Gasteiger partial charge in [0, 0.05) is 5.57 Å². The highest BCUT2D eigenvalue weighted by Crippen LogP contribution is 1.89. The molecule has 0 unspecified atom stereocenters. The molecule has 0 fully saturated rings. The number of rotatable bonds is 2. The summed E-state index contributed by atoms with van der Waals surface area (Å²) in [6.07, 6.45) is 0. The van der Waals surface area contributed by atoms with Gasteiger partial charge in [-0.2, -0.15) is 0 Å². The molecule has 2 nitrogen and oxygen atoms in total. The summed E-state index contributed by atoms with van der Waals surface area (Å²) in [7, 11) is 0. The number of esters is 1. The van der Waals surface area contributed by atoms with E-state index in [9.17, 15) is 4.79 Å². The number of carbonyl (C=O) groups is 1. The van der Waals surface area contributed by atoms with E-state index < -0.39 is 0 Å². The molecule has 0 aliphatic rings. The molecule has 0 aromatic carbocycles. The van der Waals surface area contributed by atoms with Crippen LogP contribution in [0.3, 0.4) is 0 Å². The van der Waals surface area contributed by atoms with E-state index in [2.05, 4.69) is 24.5 Å². The summed E-state index contributed by atoms with van der Waals surface area (Å²) >= 11 is 0. The van der Waals surface area contributed by atoms with Gasteiger partial charge in [-0.1, -0.05) is 6.58 Å². The lowest BCUT2D eigenvalue weighted by molar-refractivity contribution is -0.138. The van der Waals surface area contributed by atoms with Gasteiger partial charge in [-0.25, -0.2) is 4.79 Å². The summed E-state index contributed by atoms with van der Waals surface area (Å²) in [5.41, 5.74) is 0.451. The molecular formula is C8H14O2. The third-order valence-corrected chi connectivity index (χ3v) is 0.624. The molecule has 0 aromatic heterocycles. The molecule has 0 spiro atoms. The molecule has 0 aliphatic heterocycles. The molecule has 0 radical (unpaired) electrons. The first-order chi connectivity index (χ1) is 4.68. The van der Waals surface area contributed by atoms with Crippen LogP contribution in [0.1, 0.15) is 13.8 Å². The highest BCUT2D eigenvalue weighted by Gasteiger charge is 1.98.